The first kappa shape index (κ1) is 25.5. The van der Waals surface area contributed by atoms with E-state index in [1.807, 2.05) is 19.1 Å². The van der Waals surface area contributed by atoms with E-state index in [1.54, 1.807) is 33.0 Å². The summed E-state index contributed by atoms with van der Waals surface area (Å²) in [4.78, 5) is 39.6. The van der Waals surface area contributed by atoms with Crippen LogP contribution in [0, 0.1) is 6.92 Å². The molecule has 2 aliphatic rings. The fourth-order valence-corrected chi connectivity index (χ4v) is 5.55. The summed E-state index contributed by atoms with van der Waals surface area (Å²) in [6.45, 7) is 5.47. The van der Waals surface area contributed by atoms with Crippen LogP contribution in [-0.4, -0.2) is 38.8 Å². The van der Waals surface area contributed by atoms with E-state index in [0.29, 0.717) is 34.7 Å². The lowest BCUT2D eigenvalue weighted by atomic mass is 9.79. The molecule has 0 atom stereocenters. The monoisotopic (exact) mass is 500 g/mol. The number of aliphatic hydroxyl groups is 1. The Morgan fingerprint density at radius 3 is 2.34 bits per heavy atom. The van der Waals surface area contributed by atoms with Crippen molar-refractivity contribution in [3.63, 3.8) is 0 Å². The molecule has 0 aliphatic heterocycles. The van der Waals surface area contributed by atoms with Gasteiger partial charge in [0, 0.05) is 41.7 Å². The van der Waals surface area contributed by atoms with Crippen molar-refractivity contribution in [3.05, 3.63) is 56.5 Å². The lowest BCUT2D eigenvalue weighted by molar-refractivity contribution is -0.168. The minimum Gasteiger partial charge on any atom is -0.462 e. The topological polar surface area (TPSA) is 97.6 Å². The van der Waals surface area contributed by atoms with Crippen LogP contribution >= 0.6 is 11.6 Å². The fourth-order valence-electron chi connectivity index (χ4n) is 5.42. The molecule has 35 heavy (non-hydrogen) atoms. The number of halogens is 1. The van der Waals surface area contributed by atoms with Crippen molar-refractivity contribution < 1.29 is 19.4 Å². The third-order valence-electron chi connectivity index (χ3n) is 7.39. The Bertz CT molecular complexity index is 1200. The highest BCUT2D eigenvalue weighted by molar-refractivity contribution is 6.30. The molecular weight excluding hydrogens is 468 g/mol. The third kappa shape index (κ3) is 5.31. The van der Waals surface area contributed by atoms with E-state index < -0.39 is 23.0 Å². The Morgan fingerprint density at radius 2 is 1.77 bits per heavy atom. The molecule has 1 amide bonds. The van der Waals surface area contributed by atoms with Crippen LogP contribution in [0.15, 0.2) is 29.1 Å². The maximum atomic E-state index is 13.4. The van der Waals surface area contributed by atoms with Gasteiger partial charge in [-0.3, -0.25) is 14.4 Å². The summed E-state index contributed by atoms with van der Waals surface area (Å²) in [6.07, 6.45) is 4.13. The first-order chi connectivity index (χ1) is 16.4. The van der Waals surface area contributed by atoms with Gasteiger partial charge in [0.05, 0.1) is 12.0 Å². The van der Waals surface area contributed by atoms with Gasteiger partial charge in [0.2, 0.25) is 0 Å². The maximum absolute atomic E-state index is 13.4. The molecule has 0 radical (unpaired) electrons. The molecule has 2 saturated carbocycles. The highest BCUT2D eigenvalue weighted by atomic mass is 35.5. The van der Waals surface area contributed by atoms with Gasteiger partial charge in [-0.2, -0.15) is 0 Å². The van der Waals surface area contributed by atoms with Crippen molar-refractivity contribution >= 4 is 23.5 Å². The Labute approximate surface area is 210 Å². The Kier molecular flexibility index (Phi) is 6.86. The second kappa shape index (κ2) is 9.43. The van der Waals surface area contributed by atoms with Crippen LogP contribution in [0.3, 0.4) is 0 Å². The van der Waals surface area contributed by atoms with E-state index in [-0.39, 0.29) is 23.6 Å². The smallest absolute Gasteiger partial charge is 0.312 e. The molecule has 1 aromatic heterocycles. The number of rotatable bonds is 6. The summed E-state index contributed by atoms with van der Waals surface area (Å²) in [5, 5.41) is 13.6. The van der Waals surface area contributed by atoms with Gasteiger partial charge >= 0.3 is 5.97 Å². The number of hydrogen-bond donors (Lipinski definition) is 2. The van der Waals surface area contributed by atoms with Gasteiger partial charge in [-0.15, -0.1) is 0 Å². The highest BCUT2D eigenvalue weighted by Gasteiger charge is 2.41. The third-order valence-corrected chi connectivity index (χ3v) is 7.64. The normalized spacial score (nSPS) is 23.0. The zero-order valence-electron chi connectivity index (χ0n) is 20.7. The number of amides is 1. The first-order valence-corrected chi connectivity index (χ1v) is 12.5. The van der Waals surface area contributed by atoms with E-state index in [9.17, 15) is 19.5 Å². The van der Waals surface area contributed by atoms with Gasteiger partial charge in [0.15, 0.2) is 0 Å². The molecule has 1 heterocycles. The molecule has 0 unspecified atom stereocenters. The van der Waals surface area contributed by atoms with E-state index in [2.05, 4.69) is 5.32 Å². The van der Waals surface area contributed by atoms with Crippen molar-refractivity contribution in [3.8, 4) is 11.1 Å². The van der Waals surface area contributed by atoms with Gasteiger partial charge in [-0.05, 0) is 56.9 Å². The number of esters is 1. The summed E-state index contributed by atoms with van der Waals surface area (Å²) in [5.74, 6) is -0.876. The zero-order valence-corrected chi connectivity index (χ0v) is 21.5. The number of carbonyl (C=O) groups is 2. The SMILES string of the molecule is Cc1c(-c2ccc(Cl)cc2)c(CC(=O)OC2CC(C)(O)C2)n(C)c(=O)c1C(=O)NC1(C)CCCC1. The number of pyridine rings is 1. The standard InChI is InChI=1S/C27H33ClN2O5/c1-16-22(17-7-9-18(28)10-8-17)20(13-21(31)35-19-14-27(3,34)15-19)30(4)25(33)23(16)24(32)29-26(2)11-5-6-12-26/h7-10,19,34H,5-6,11-15H2,1-4H3,(H,29,32). The molecule has 2 fully saturated rings. The molecule has 2 N–H and O–H groups in total. The molecule has 2 aliphatic carbocycles. The second-order valence-electron chi connectivity index (χ2n) is 10.6. The Morgan fingerprint density at radius 1 is 1.17 bits per heavy atom. The summed E-state index contributed by atoms with van der Waals surface area (Å²) in [7, 11) is 1.58. The Balaban J connectivity index is 1.74. The molecule has 0 spiro atoms. The molecule has 1 aromatic carbocycles. The summed E-state index contributed by atoms with van der Waals surface area (Å²) >= 11 is 6.10. The largest absolute Gasteiger partial charge is 0.462 e. The number of carbonyl (C=O) groups excluding carboxylic acids is 2. The quantitative estimate of drug-likeness (QED) is 0.582. The van der Waals surface area contributed by atoms with Crippen LogP contribution in [0.2, 0.25) is 5.02 Å². The van der Waals surface area contributed by atoms with Gasteiger partial charge < -0.3 is 19.7 Å². The van der Waals surface area contributed by atoms with E-state index in [4.69, 9.17) is 16.3 Å². The molecule has 0 bridgehead atoms. The van der Waals surface area contributed by atoms with Crippen LogP contribution in [0.5, 0.6) is 0 Å². The number of ether oxygens (including phenoxy) is 1. The van der Waals surface area contributed by atoms with Gasteiger partial charge in [0.1, 0.15) is 11.7 Å². The number of hydrogen-bond acceptors (Lipinski definition) is 5. The van der Waals surface area contributed by atoms with Crippen molar-refractivity contribution in [2.45, 2.75) is 83.0 Å². The van der Waals surface area contributed by atoms with Gasteiger partial charge in [-0.1, -0.05) is 36.6 Å². The lowest BCUT2D eigenvalue weighted by Gasteiger charge is -2.39. The van der Waals surface area contributed by atoms with Crippen molar-refractivity contribution in [2.24, 2.45) is 7.05 Å². The maximum Gasteiger partial charge on any atom is 0.312 e. The summed E-state index contributed by atoms with van der Waals surface area (Å²) in [6, 6.07) is 7.10. The summed E-state index contributed by atoms with van der Waals surface area (Å²) in [5.41, 5.74) is 0.862. The van der Waals surface area contributed by atoms with E-state index in [0.717, 1.165) is 31.2 Å². The average molecular weight is 501 g/mol. The number of aromatic nitrogens is 1. The van der Waals surface area contributed by atoms with Gasteiger partial charge in [0.25, 0.3) is 11.5 Å². The second-order valence-corrected chi connectivity index (χ2v) is 11.0. The molecule has 8 heteroatoms. The molecule has 7 nitrogen and oxygen atoms in total. The summed E-state index contributed by atoms with van der Waals surface area (Å²) < 4.78 is 6.91. The molecular formula is C27H33ClN2O5. The van der Waals surface area contributed by atoms with Crippen molar-refractivity contribution in [1.82, 2.24) is 9.88 Å². The molecule has 0 saturated heterocycles. The first-order valence-electron chi connectivity index (χ1n) is 12.1. The van der Waals surface area contributed by atoms with Crippen LogP contribution in [-0.2, 0) is 23.0 Å². The highest BCUT2D eigenvalue weighted by Crippen LogP contribution is 2.35. The van der Waals surface area contributed by atoms with Gasteiger partial charge in [-0.25, -0.2) is 0 Å². The number of nitrogens with zero attached hydrogens (tertiary/aromatic N) is 1. The lowest BCUT2D eigenvalue weighted by Crippen LogP contribution is -2.47. The molecule has 188 valence electrons. The van der Waals surface area contributed by atoms with Crippen LogP contribution in [0.25, 0.3) is 11.1 Å². The van der Waals surface area contributed by atoms with E-state index >= 15 is 0 Å². The Hall–Kier alpha value is -2.64. The zero-order chi connectivity index (χ0) is 25.5. The predicted octanol–water partition coefficient (Wildman–Crippen LogP) is 4.08. The molecule has 2 aromatic rings. The molecule has 4 rings (SSSR count). The number of benzene rings is 1. The fraction of sp³-hybridized carbons (Fsp3) is 0.519. The van der Waals surface area contributed by atoms with Crippen molar-refractivity contribution in [2.75, 3.05) is 0 Å². The van der Waals surface area contributed by atoms with Crippen molar-refractivity contribution in [1.29, 1.82) is 0 Å². The average Bonchev–Trinajstić information content (AvgIpc) is 3.17. The minimum absolute atomic E-state index is 0.0812. The minimum atomic E-state index is -0.812. The van der Waals surface area contributed by atoms with Crippen LogP contribution < -0.4 is 10.9 Å². The van der Waals surface area contributed by atoms with E-state index in [1.165, 1.54) is 4.57 Å². The predicted molar refractivity (Wildman–Crippen MR) is 135 cm³/mol. The van der Waals surface area contributed by atoms with Crippen LogP contribution in [0.4, 0.5) is 0 Å². The van der Waals surface area contributed by atoms with Crippen LogP contribution in [0.1, 0.15) is 74.0 Å². The number of nitrogens with one attached hydrogen (secondary N) is 1.